The molecule has 0 saturated carbocycles. The quantitative estimate of drug-likeness (QED) is 0.710. The summed E-state index contributed by atoms with van der Waals surface area (Å²) in [5, 5.41) is 7.36. The lowest BCUT2D eigenvalue weighted by atomic mass is 10.2. The fraction of sp³-hybridized carbons (Fsp3) is 0.200. The predicted octanol–water partition coefficient (Wildman–Crippen LogP) is 3.21. The molecule has 134 valence electrons. The van der Waals surface area contributed by atoms with E-state index in [4.69, 9.17) is 9.47 Å². The summed E-state index contributed by atoms with van der Waals surface area (Å²) in [6, 6.07) is 16.6. The Kier molecular flexibility index (Phi) is 5.53. The molecule has 2 aromatic carbocycles. The normalized spacial score (nSPS) is 10.4. The van der Waals surface area contributed by atoms with Crippen LogP contribution in [0.25, 0.3) is 5.69 Å². The average Bonchev–Trinajstić information content (AvgIpc) is 3.16. The summed E-state index contributed by atoms with van der Waals surface area (Å²) in [5.41, 5.74) is 2.29. The van der Waals surface area contributed by atoms with Crippen molar-refractivity contribution in [3.8, 4) is 17.2 Å². The molecule has 1 N–H and O–H groups in total. The van der Waals surface area contributed by atoms with Crippen LogP contribution in [0.3, 0.4) is 0 Å². The first kappa shape index (κ1) is 17.5. The molecule has 1 heterocycles. The maximum atomic E-state index is 12.2. The highest BCUT2D eigenvalue weighted by Crippen LogP contribution is 2.15. The summed E-state index contributed by atoms with van der Waals surface area (Å²) in [5.74, 6) is 1.40. The van der Waals surface area contributed by atoms with Gasteiger partial charge in [-0.3, -0.25) is 4.79 Å². The van der Waals surface area contributed by atoms with E-state index in [1.54, 1.807) is 36.1 Å². The van der Waals surface area contributed by atoms with Crippen molar-refractivity contribution in [2.75, 3.05) is 13.7 Å². The van der Waals surface area contributed by atoms with Gasteiger partial charge in [0.1, 0.15) is 11.5 Å². The van der Waals surface area contributed by atoms with Gasteiger partial charge in [0, 0.05) is 11.8 Å². The molecule has 26 heavy (non-hydrogen) atoms. The number of nitrogens with one attached hydrogen (secondary N) is 1. The third kappa shape index (κ3) is 4.22. The number of hydrogen-bond acceptors (Lipinski definition) is 4. The largest absolute Gasteiger partial charge is 0.497 e. The molecule has 0 aliphatic carbocycles. The van der Waals surface area contributed by atoms with Crippen molar-refractivity contribution in [2.24, 2.45) is 0 Å². The number of nitrogens with zero attached hydrogens (tertiary/aromatic N) is 2. The van der Waals surface area contributed by atoms with Crippen molar-refractivity contribution in [1.29, 1.82) is 0 Å². The molecule has 6 nitrogen and oxygen atoms in total. The standard InChI is InChI=1S/C20H21N3O3/c1-3-26-19-8-4-15(5-9-19)20(24)21-14-16-12-13-23(22-16)17-6-10-18(25-2)11-7-17/h4-13H,3,14H2,1-2H3,(H,21,24). The van der Waals surface area contributed by atoms with Crippen LogP contribution in [0.15, 0.2) is 60.8 Å². The molecule has 0 atom stereocenters. The van der Waals surface area contributed by atoms with Crippen molar-refractivity contribution >= 4 is 5.91 Å². The first-order chi connectivity index (χ1) is 12.7. The van der Waals surface area contributed by atoms with E-state index in [-0.39, 0.29) is 5.91 Å². The lowest BCUT2D eigenvalue weighted by molar-refractivity contribution is 0.0950. The Morgan fingerprint density at radius 3 is 2.38 bits per heavy atom. The van der Waals surface area contributed by atoms with Gasteiger partial charge in [-0.25, -0.2) is 4.68 Å². The Bertz CT molecular complexity index is 855. The molecule has 0 unspecified atom stereocenters. The highest BCUT2D eigenvalue weighted by molar-refractivity contribution is 5.94. The zero-order valence-electron chi connectivity index (χ0n) is 14.8. The molecule has 0 spiro atoms. The van der Waals surface area contributed by atoms with E-state index in [1.165, 1.54) is 0 Å². The fourth-order valence-electron chi connectivity index (χ4n) is 2.48. The minimum atomic E-state index is -0.146. The highest BCUT2D eigenvalue weighted by atomic mass is 16.5. The molecule has 0 aliphatic heterocycles. The number of rotatable bonds is 7. The maximum Gasteiger partial charge on any atom is 0.251 e. The number of benzene rings is 2. The van der Waals surface area contributed by atoms with Crippen LogP contribution in [-0.4, -0.2) is 29.4 Å². The molecule has 6 heteroatoms. The van der Waals surface area contributed by atoms with Crippen LogP contribution in [0.2, 0.25) is 0 Å². The van der Waals surface area contributed by atoms with Gasteiger partial charge in [-0.15, -0.1) is 0 Å². The topological polar surface area (TPSA) is 65.4 Å². The van der Waals surface area contributed by atoms with Gasteiger partial charge in [0.2, 0.25) is 0 Å². The molecular weight excluding hydrogens is 330 g/mol. The molecule has 0 radical (unpaired) electrons. The van der Waals surface area contributed by atoms with Crippen molar-refractivity contribution in [3.05, 3.63) is 72.1 Å². The number of aromatic nitrogens is 2. The molecule has 0 fully saturated rings. The molecule has 3 aromatic rings. The molecular formula is C20H21N3O3. The Morgan fingerprint density at radius 1 is 1.04 bits per heavy atom. The molecule has 3 rings (SSSR count). The molecule has 1 aromatic heterocycles. The monoisotopic (exact) mass is 351 g/mol. The summed E-state index contributed by atoms with van der Waals surface area (Å²) in [7, 11) is 1.63. The van der Waals surface area contributed by atoms with Gasteiger partial charge in [-0.1, -0.05) is 0 Å². The van der Waals surface area contributed by atoms with Crippen LogP contribution in [0.1, 0.15) is 23.0 Å². The van der Waals surface area contributed by atoms with Gasteiger partial charge in [-0.05, 0) is 61.5 Å². The Labute approximate surface area is 152 Å². The third-order valence-corrected chi connectivity index (χ3v) is 3.84. The van der Waals surface area contributed by atoms with Crippen molar-refractivity contribution < 1.29 is 14.3 Å². The second-order valence-electron chi connectivity index (χ2n) is 5.59. The lowest BCUT2D eigenvalue weighted by Gasteiger charge is -2.06. The zero-order valence-corrected chi connectivity index (χ0v) is 14.8. The first-order valence-electron chi connectivity index (χ1n) is 8.39. The molecule has 0 bridgehead atoms. The minimum absolute atomic E-state index is 0.146. The van der Waals surface area contributed by atoms with E-state index in [0.29, 0.717) is 18.7 Å². The van der Waals surface area contributed by atoms with Crippen molar-refractivity contribution in [3.63, 3.8) is 0 Å². The van der Waals surface area contributed by atoms with Crippen LogP contribution in [0.4, 0.5) is 0 Å². The maximum absolute atomic E-state index is 12.2. The smallest absolute Gasteiger partial charge is 0.251 e. The van der Waals surface area contributed by atoms with Gasteiger partial charge in [-0.2, -0.15) is 5.10 Å². The van der Waals surface area contributed by atoms with Crippen LogP contribution >= 0.6 is 0 Å². The summed E-state index contributed by atoms with van der Waals surface area (Å²) < 4.78 is 12.3. The van der Waals surface area contributed by atoms with Gasteiger partial charge in [0.25, 0.3) is 5.91 Å². The van der Waals surface area contributed by atoms with Crippen LogP contribution < -0.4 is 14.8 Å². The van der Waals surface area contributed by atoms with Gasteiger partial charge >= 0.3 is 0 Å². The van der Waals surface area contributed by atoms with E-state index in [0.717, 1.165) is 22.9 Å². The fourth-order valence-corrected chi connectivity index (χ4v) is 2.48. The Balaban J connectivity index is 1.59. The van der Waals surface area contributed by atoms with E-state index in [9.17, 15) is 4.79 Å². The van der Waals surface area contributed by atoms with Gasteiger partial charge in [0.05, 0.1) is 31.6 Å². The summed E-state index contributed by atoms with van der Waals surface area (Å²) in [6.07, 6.45) is 1.86. The van der Waals surface area contributed by atoms with Crippen LogP contribution in [0, 0.1) is 0 Å². The Hall–Kier alpha value is -3.28. The SMILES string of the molecule is CCOc1ccc(C(=O)NCc2ccn(-c3ccc(OC)cc3)n2)cc1. The molecule has 0 saturated heterocycles. The van der Waals surface area contributed by atoms with Crippen LogP contribution in [0.5, 0.6) is 11.5 Å². The van der Waals surface area contributed by atoms with Gasteiger partial charge in [0.15, 0.2) is 0 Å². The lowest BCUT2D eigenvalue weighted by Crippen LogP contribution is -2.23. The van der Waals surface area contributed by atoms with E-state index >= 15 is 0 Å². The van der Waals surface area contributed by atoms with E-state index in [2.05, 4.69) is 10.4 Å². The highest BCUT2D eigenvalue weighted by Gasteiger charge is 2.07. The number of amides is 1. The molecule has 0 aliphatic rings. The summed E-state index contributed by atoms with van der Waals surface area (Å²) in [6.45, 7) is 2.88. The third-order valence-electron chi connectivity index (χ3n) is 3.84. The number of ether oxygens (including phenoxy) is 2. The molecule has 1 amide bonds. The first-order valence-corrected chi connectivity index (χ1v) is 8.39. The van der Waals surface area contributed by atoms with Gasteiger partial charge < -0.3 is 14.8 Å². The number of carbonyl (C=O) groups is 1. The van der Waals surface area contributed by atoms with E-state index < -0.39 is 0 Å². The van der Waals surface area contributed by atoms with Crippen molar-refractivity contribution in [2.45, 2.75) is 13.5 Å². The number of hydrogen-bond donors (Lipinski definition) is 1. The Morgan fingerprint density at radius 2 is 1.73 bits per heavy atom. The zero-order chi connectivity index (χ0) is 18.4. The number of carbonyl (C=O) groups excluding carboxylic acids is 1. The van der Waals surface area contributed by atoms with E-state index in [1.807, 2.05) is 43.5 Å². The summed E-state index contributed by atoms with van der Waals surface area (Å²) in [4.78, 5) is 12.2. The second kappa shape index (κ2) is 8.20. The second-order valence-corrected chi connectivity index (χ2v) is 5.59. The van der Waals surface area contributed by atoms with Crippen molar-refractivity contribution in [1.82, 2.24) is 15.1 Å². The van der Waals surface area contributed by atoms with Crippen LogP contribution in [-0.2, 0) is 6.54 Å². The summed E-state index contributed by atoms with van der Waals surface area (Å²) >= 11 is 0. The predicted molar refractivity (Wildman–Crippen MR) is 98.9 cm³/mol. The average molecular weight is 351 g/mol. The minimum Gasteiger partial charge on any atom is -0.497 e. The number of methoxy groups -OCH3 is 1.